The number of rotatable bonds is 5. The van der Waals surface area contributed by atoms with Crippen molar-refractivity contribution >= 4 is 11.6 Å². The molecule has 1 N–H and O–H groups in total. The number of carbonyl (C=O) groups is 1. The molecule has 0 saturated carbocycles. The summed E-state index contributed by atoms with van der Waals surface area (Å²) in [5.41, 5.74) is 2.92. The van der Waals surface area contributed by atoms with Gasteiger partial charge in [0, 0.05) is 23.9 Å². The SMILES string of the molecule is N#Cc1ccc(CNc2cc(C(=O)c3ccccc3)ccn2)cc1. The highest BCUT2D eigenvalue weighted by molar-refractivity contribution is 6.09. The molecule has 2 aromatic carbocycles. The number of ketones is 1. The number of nitrogens with one attached hydrogen (secondary N) is 1. The zero-order valence-electron chi connectivity index (χ0n) is 12.9. The van der Waals surface area contributed by atoms with Crippen molar-refractivity contribution in [3.63, 3.8) is 0 Å². The van der Waals surface area contributed by atoms with Gasteiger partial charge in [-0.25, -0.2) is 4.98 Å². The van der Waals surface area contributed by atoms with E-state index in [1.807, 2.05) is 30.3 Å². The van der Waals surface area contributed by atoms with Crippen LogP contribution in [0.15, 0.2) is 72.9 Å². The molecule has 0 radical (unpaired) electrons. The molecule has 0 fully saturated rings. The first-order valence-electron chi connectivity index (χ1n) is 7.55. The Bertz CT molecular complexity index is 881. The van der Waals surface area contributed by atoms with Crippen molar-refractivity contribution in [1.82, 2.24) is 4.98 Å². The van der Waals surface area contributed by atoms with Crippen LogP contribution in [-0.2, 0) is 6.54 Å². The highest BCUT2D eigenvalue weighted by Gasteiger charge is 2.09. The van der Waals surface area contributed by atoms with Crippen molar-refractivity contribution in [2.75, 3.05) is 5.32 Å². The lowest BCUT2D eigenvalue weighted by molar-refractivity contribution is 0.103. The molecule has 0 saturated heterocycles. The predicted octanol–water partition coefficient (Wildman–Crippen LogP) is 3.80. The second-order valence-corrected chi connectivity index (χ2v) is 5.29. The summed E-state index contributed by atoms with van der Waals surface area (Å²) in [5.74, 6) is 0.612. The van der Waals surface area contributed by atoms with Gasteiger partial charge in [0.05, 0.1) is 11.6 Å². The first-order chi connectivity index (χ1) is 11.8. The standard InChI is InChI=1S/C20H15N3O/c21-13-15-6-8-16(9-7-15)14-23-19-12-18(10-11-22-19)20(24)17-4-2-1-3-5-17/h1-12H,14H2,(H,22,23). The Morgan fingerprint density at radius 3 is 2.46 bits per heavy atom. The second-order valence-electron chi connectivity index (χ2n) is 5.29. The summed E-state index contributed by atoms with van der Waals surface area (Å²) in [6.45, 7) is 0.571. The van der Waals surface area contributed by atoms with E-state index in [1.165, 1.54) is 0 Å². The van der Waals surface area contributed by atoms with E-state index in [2.05, 4.69) is 16.4 Å². The van der Waals surface area contributed by atoms with Gasteiger partial charge in [0.15, 0.2) is 5.78 Å². The molecule has 0 amide bonds. The summed E-state index contributed by atoms with van der Waals surface area (Å²) < 4.78 is 0. The van der Waals surface area contributed by atoms with Crippen LogP contribution < -0.4 is 5.32 Å². The molecule has 116 valence electrons. The van der Waals surface area contributed by atoms with Gasteiger partial charge in [-0.3, -0.25) is 4.79 Å². The smallest absolute Gasteiger partial charge is 0.193 e. The molecule has 0 spiro atoms. The van der Waals surface area contributed by atoms with Crippen molar-refractivity contribution < 1.29 is 4.79 Å². The second kappa shape index (κ2) is 7.21. The van der Waals surface area contributed by atoms with Crippen LogP contribution in [0.3, 0.4) is 0 Å². The van der Waals surface area contributed by atoms with Crippen molar-refractivity contribution in [2.45, 2.75) is 6.54 Å². The normalized spacial score (nSPS) is 9.96. The third-order valence-corrected chi connectivity index (χ3v) is 3.61. The molecular weight excluding hydrogens is 298 g/mol. The number of anilines is 1. The van der Waals surface area contributed by atoms with Crippen LogP contribution in [-0.4, -0.2) is 10.8 Å². The van der Waals surface area contributed by atoms with Gasteiger partial charge >= 0.3 is 0 Å². The van der Waals surface area contributed by atoms with Gasteiger partial charge in [-0.15, -0.1) is 0 Å². The number of carbonyl (C=O) groups excluding carboxylic acids is 1. The summed E-state index contributed by atoms with van der Waals surface area (Å²) in [4.78, 5) is 16.7. The molecule has 4 heteroatoms. The number of nitriles is 1. The maximum absolute atomic E-state index is 12.5. The molecule has 0 aliphatic carbocycles. The van der Waals surface area contributed by atoms with Crippen LogP contribution in [0.4, 0.5) is 5.82 Å². The zero-order valence-corrected chi connectivity index (χ0v) is 12.9. The van der Waals surface area contributed by atoms with E-state index in [4.69, 9.17) is 5.26 Å². The van der Waals surface area contributed by atoms with Gasteiger partial charge in [-0.2, -0.15) is 5.26 Å². The van der Waals surface area contributed by atoms with Crippen LogP contribution in [0, 0.1) is 11.3 Å². The predicted molar refractivity (Wildman–Crippen MR) is 92.6 cm³/mol. The summed E-state index contributed by atoms with van der Waals surface area (Å²) in [5, 5.41) is 12.0. The fraction of sp³-hybridized carbons (Fsp3) is 0.0500. The maximum atomic E-state index is 12.5. The van der Waals surface area contributed by atoms with E-state index in [0.29, 0.717) is 29.1 Å². The molecule has 0 bridgehead atoms. The van der Waals surface area contributed by atoms with Gasteiger partial charge in [0.25, 0.3) is 0 Å². The number of hydrogen-bond donors (Lipinski definition) is 1. The average molecular weight is 313 g/mol. The van der Waals surface area contributed by atoms with E-state index in [9.17, 15) is 4.79 Å². The Morgan fingerprint density at radius 2 is 1.75 bits per heavy atom. The van der Waals surface area contributed by atoms with Crippen molar-refractivity contribution in [2.24, 2.45) is 0 Å². The summed E-state index contributed by atoms with van der Waals surface area (Å²) in [7, 11) is 0. The largest absolute Gasteiger partial charge is 0.366 e. The highest BCUT2D eigenvalue weighted by atomic mass is 16.1. The minimum Gasteiger partial charge on any atom is -0.366 e. The van der Waals surface area contributed by atoms with Gasteiger partial charge in [-0.05, 0) is 29.8 Å². The number of benzene rings is 2. The lowest BCUT2D eigenvalue weighted by atomic mass is 10.0. The monoisotopic (exact) mass is 313 g/mol. The van der Waals surface area contributed by atoms with Gasteiger partial charge in [0.1, 0.15) is 5.82 Å². The highest BCUT2D eigenvalue weighted by Crippen LogP contribution is 2.14. The third-order valence-electron chi connectivity index (χ3n) is 3.61. The lowest BCUT2D eigenvalue weighted by Gasteiger charge is -2.07. The van der Waals surface area contributed by atoms with Gasteiger partial charge < -0.3 is 5.32 Å². The number of nitrogens with zero attached hydrogens (tertiary/aromatic N) is 2. The minimum atomic E-state index is -0.0283. The minimum absolute atomic E-state index is 0.0283. The molecule has 0 aliphatic heterocycles. The van der Waals surface area contributed by atoms with Gasteiger partial charge in [0.2, 0.25) is 0 Å². The molecule has 0 unspecified atom stereocenters. The Kier molecular flexibility index (Phi) is 4.64. The lowest BCUT2D eigenvalue weighted by Crippen LogP contribution is -2.05. The Morgan fingerprint density at radius 1 is 1.00 bits per heavy atom. The van der Waals surface area contributed by atoms with Crippen molar-refractivity contribution in [3.05, 3.63) is 95.2 Å². The zero-order chi connectivity index (χ0) is 16.8. The summed E-state index contributed by atoms with van der Waals surface area (Å²) in [6.07, 6.45) is 1.62. The van der Waals surface area contributed by atoms with Crippen LogP contribution in [0.5, 0.6) is 0 Å². The van der Waals surface area contributed by atoms with E-state index in [1.54, 1.807) is 42.6 Å². The molecule has 0 aliphatic rings. The quantitative estimate of drug-likeness (QED) is 0.728. The molecule has 24 heavy (non-hydrogen) atoms. The third kappa shape index (κ3) is 3.65. The average Bonchev–Trinajstić information content (AvgIpc) is 2.67. The first-order valence-corrected chi connectivity index (χ1v) is 7.55. The number of aromatic nitrogens is 1. The number of hydrogen-bond acceptors (Lipinski definition) is 4. The van der Waals surface area contributed by atoms with E-state index in [-0.39, 0.29) is 5.78 Å². The molecule has 3 aromatic rings. The van der Waals surface area contributed by atoms with Crippen LogP contribution in [0.1, 0.15) is 27.0 Å². The fourth-order valence-electron chi connectivity index (χ4n) is 2.31. The molecule has 1 heterocycles. The fourth-order valence-corrected chi connectivity index (χ4v) is 2.31. The van der Waals surface area contributed by atoms with Crippen LogP contribution in [0.25, 0.3) is 0 Å². The van der Waals surface area contributed by atoms with Crippen LogP contribution >= 0.6 is 0 Å². The topological polar surface area (TPSA) is 65.8 Å². The number of pyridine rings is 1. The molecule has 1 aromatic heterocycles. The first kappa shape index (κ1) is 15.4. The molecule has 0 atom stereocenters. The van der Waals surface area contributed by atoms with E-state index >= 15 is 0 Å². The summed E-state index contributed by atoms with van der Waals surface area (Å²) in [6, 6.07) is 22.1. The Labute approximate surface area is 140 Å². The van der Waals surface area contributed by atoms with E-state index in [0.717, 1.165) is 5.56 Å². The van der Waals surface area contributed by atoms with Crippen molar-refractivity contribution in [1.29, 1.82) is 5.26 Å². The van der Waals surface area contributed by atoms with Gasteiger partial charge in [-0.1, -0.05) is 42.5 Å². The molecular formula is C20H15N3O. The molecule has 4 nitrogen and oxygen atoms in total. The van der Waals surface area contributed by atoms with E-state index < -0.39 is 0 Å². The Hall–Kier alpha value is -3.45. The Balaban J connectivity index is 1.71. The summed E-state index contributed by atoms with van der Waals surface area (Å²) >= 11 is 0. The van der Waals surface area contributed by atoms with Crippen LogP contribution in [0.2, 0.25) is 0 Å². The molecule has 3 rings (SSSR count). The maximum Gasteiger partial charge on any atom is 0.193 e. The van der Waals surface area contributed by atoms with Crippen molar-refractivity contribution in [3.8, 4) is 6.07 Å².